The van der Waals surface area contributed by atoms with Gasteiger partial charge in [-0.15, -0.1) is 0 Å². The van der Waals surface area contributed by atoms with Gasteiger partial charge in [0.15, 0.2) is 0 Å². The highest BCUT2D eigenvalue weighted by Gasteiger charge is 2.28. The molecule has 0 bridgehead atoms. The van der Waals surface area contributed by atoms with E-state index in [1.807, 2.05) is 34.8 Å². The summed E-state index contributed by atoms with van der Waals surface area (Å²) in [6, 6.07) is 5.81. The number of hydrogen-bond acceptors (Lipinski definition) is 5. The van der Waals surface area contributed by atoms with Crippen molar-refractivity contribution in [2.24, 2.45) is 13.0 Å². The van der Waals surface area contributed by atoms with E-state index in [0.717, 1.165) is 54.4 Å². The number of carbonyl (C=O) groups is 1. The summed E-state index contributed by atoms with van der Waals surface area (Å²) in [7, 11) is -1.49. The molecule has 0 saturated carbocycles. The van der Waals surface area contributed by atoms with Crippen LogP contribution in [0.3, 0.4) is 0 Å². The highest BCUT2D eigenvalue weighted by atomic mass is 32.2. The molecule has 0 spiro atoms. The van der Waals surface area contributed by atoms with E-state index in [1.165, 1.54) is 0 Å². The Balaban J connectivity index is 1.50. The molecule has 2 atom stereocenters. The zero-order valence-electron chi connectivity index (χ0n) is 17.3. The van der Waals surface area contributed by atoms with E-state index in [2.05, 4.69) is 16.6 Å². The highest BCUT2D eigenvalue weighted by molar-refractivity contribution is 7.92. The Labute approximate surface area is 177 Å². The maximum atomic E-state index is 13.1. The fourth-order valence-corrected chi connectivity index (χ4v) is 5.06. The van der Waals surface area contributed by atoms with Crippen molar-refractivity contribution in [2.75, 3.05) is 32.7 Å². The van der Waals surface area contributed by atoms with Gasteiger partial charge in [0, 0.05) is 55.5 Å². The van der Waals surface area contributed by atoms with Gasteiger partial charge in [0.2, 0.25) is 10.0 Å². The smallest absolute Gasteiger partial charge is 0.253 e. The lowest BCUT2D eigenvalue weighted by molar-refractivity contribution is 0.0787. The number of benzene rings is 1. The third-order valence-corrected chi connectivity index (χ3v) is 7.18. The molecule has 2 fully saturated rings. The number of fused-ring (bicyclic) bond motifs is 1. The molecular formula is C21H29N5O3S. The average Bonchev–Trinajstić information content (AvgIpc) is 3.37. The lowest BCUT2D eigenvalue weighted by atomic mass is 9.93. The molecule has 4 rings (SSSR count). The molecule has 1 unspecified atom stereocenters. The predicted octanol–water partition coefficient (Wildman–Crippen LogP) is 1.57. The summed E-state index contributed by atoms with van der Waals surface area (Å²) in [6.45, 7) is 6.75. The number of aryl methyl sites for hydroxylation is 1. The van der Waals surface area contributed by atoms with Gasteiger partial charge < -0.3 is 10.2 Å². The Hall–Kier alpha value is -2.23. The van der Waals surface area contributed by atoms with Crippen LogP contribution in [0, 0.1) is 5.92 Å². The van der Waals surface area contributed by atoms with Gasteiger partial charge in [-0.25, -0.2) is 13.1 Å². The fourth-order valence-electron chi connectivity index (χ4n) is 4.47. The van der Waals surface area contributed by atoms with Crippen LogP contribution in [-0.2, 0) is 17.1 Å². The quantitative estimate of drug-likeness (QED) is 0.724. The minimum atomic E-state index is -3.44. The second-order valence-corrected chi connectivity index (χ2v) is 9.96. The van der Waals surface area contributed by atoms with Crippen LogP contribution in [-0.4, -0.2) is 61.7 Å². The molecule has 8 nitrogen and oxygen atoms in total. The first-order chi connectivity index (χ1) is 14.4. The van der Waals surface area contributed by atoms with Crippen LogP contribution in [0.25, 0.3) is 10.9 Å². The van der Waals surface area contributed by atoms with E-state index in [9.17, 15) is 13.2 Å². The molecule has 0 aliphatic carbocycles. The van der Waals surface area contributed by atoms with Crippen LogP contribution < -0.4 is 10.0 Å². The molecule has 2 aliphatic heterocycles. The van der Waals surface area contributed by atoms with Crippen LogP contribution >= 0.6 is 0 Å². The summed E-state index contributed by atoms with van der Waals surface area (Å²) < 4.78 is 27.5. The molecular weight excluding hydrogens is 402 g/mol. The van der Waals surface area contributed by atoms with Crippen LogP contribution in [0.1, 0.15) is 41.2 Å². The average molecular weight is 432 g/mol. The van der Waals surface area contributed by atoms with Crippen LogP contribution in [0.4, 0.5) is 0 Å². The van der Waals surface area contributed by atoms with Crippen molar-refractivity contribution in [1.82, 2.24) is 24.7 Å². The first kappa shape index (κ1) is 21.0. The van der Waals surface area contributed by atoms with Crippen molar-refractivity contribution >= 4 is 26.8 Å². The van der Waals surface area contributed by atoms with Crippen LogP contribution in [0.15, 0.2) is 30.2 Å². The first-order valence-electron chi connectivity index (χ1n) is 10.5. The number of rotatable bonds is 6. The van der Waals surface area contributed by atoms with Gasteiger partial charge in [0.1, 0.15) is 0 Å². The molecule has 3 heterocycles. The van der Waals surface area contributed by atoms with Gasteiger partial charge in [-0.2, -0.15) is 5.10 Å². The number of likely N-dealkylation sites (tertiary alicyclic amines) is 1. The lowest BCUT2D eigenvalue weighted by Gasteiger charge is -2.21. The summed E-state index contributed by atoms with van der Waals surface area (Å²) >= 11 is 0. The van der Waals surface area contributed by atoms with Crippen LogP contribution in [0.5, 0.6) is 0 Å². The topological polar surface area (TPSA) is 96.3 Å². The van der Waals surface area contributed by atoms with Gasteiger partial charge in [0.05, 0.1) is 11.2 Å². The minimum absolute atomic E-state index is 0.0115. The predicted molar refractivity (Wildman–Crippen MR) is 117 cm³/mol. The van der Waals surface area contributed by atoms with Crippen molar-refractivity contribution in [2.45, 2.75) is 25.2 Å². The number of hydrogen-bond donors (Lipinski definition) is 2. The number of nitrogens with one attached hydrogen (secondary N) is 2. The Bertz CT molecular complexity index is 1060. The molecule has 1 amide bonds. The van der Waals surface area contributed by atoms with E-state index < -0.39 is 10.0 Å². The Kier molecular flexibility index (Phi) is 5.95. The lowest BCUT2D eigenvalue weighted by Crippen LogP contribution is -2.32. The molecule has 162 valence electrons. The number of amides is 1. The monoisotopic (exact) mass is 431 g/mol. The maximum absolute atomic E-state index is 13.1. The molecule has 9 heteroatoms. The third kappa shape index (κ3) is 4.28. The van der Waals surface area contributed by atoms with E-state index in [0.29, 0.717) is 31.1 Å². The molecule has 2 N–H and O–H groups in total. The van der Waals surface area contributed by atoms with E-state index in [-0.39, 0.29) is 11.8 Å². The molecule has 2 aliphatic rings. The van der Waals surface area contributed by atoms with Gasteiger partial charge >= 0.3 is 0 Å². The van der Waals surface area contributed by atoms with Crippen molar-refractivity contribution in [3.63, 3.8) is 0 Å². The Morgan fingerprint density at radius 3 is 2.97 bits per heavy atom. The van der Waals surface area contributed by atoms with Crippen molar-refractivity contribution in [3.05, 3.63) is 41.4 Å². The number of carbonyl (C=O) groups excluding carboxylic acids is 1. The number of sulfonamides is 1. The van der Waals surface area contributed by atoms with Crippen molar-refractivity contribution in [3.8, 4) is 0 Å². The summed E-state index contributed by atoms with van der Waals surface area (Å²) in [5.74, 6) is 0.457. The highest BCUT2D eigenvalue weighted by Crippen LogP contribution is 2.30. The Morgan fingerprint density at radius 2 is 2.23 bits per heavy atom. The molecule has 2 aromatic rings. The van der Waals surface area contributed by atoms with Gasteiger partial charge in [0.25, 0.3) is 5.91 Å². The molecule has 1 aromatic carbocycles. The number of nitrogens with zero attached hydrogens (tertiary/aromatic N) is 3. The van der Waals surface area contributed by atoms with E-state index in [4.69, 9.17) is 5.10 Å². The minimum Gasteiger partial charge on any atom is -0.338 e. The van der Waals surface area contributed by atoms with Crippen molar-refractivity contribution < 1.29 is 13.2 Å². The largest absolute Gasteiger partial charge is 0.338 e. The molecule has 30 heavy (non-hydrogen) atoms. The maximum Gasteiger partial charge on any atom is 0.253 e. The van der Waals surface area contributed by atoms with E-state index >= 15 is 0 Å². The second kappa shape index (κ2) is 8.49. The first-order valence-corrected chi connectivity index (χ1v) is 12.0. The second-order valence-electron chi connectivity index (χ2n) is 8.25. The molecule has 1 aromatic heterocycles. The van der Waals surface area contributed by atoms with Gasteiger partial charge in [-0.3, -0.25) is 9.48 Å². The van der Waals surface area contributed by atoms with E-state index in [1.54, 1.807) is 0 Å². The van der Waals surface area contributed by atoms with Gasteiger partial charge in [-0.05, 0) is 49.9 Å². The SMILES string of the molecule is C=CS(=O)(=O)NC[C@H]1CCN(C(=O)c2ccc3c(c2)c(C2CCCNC2)nn3C)C1. The van der Waals surface area contributed by atoms with Crippen LogP contribution in [0.2, 0.25) is 0 Å². The summed E-state index contributed by atoms with van der Waals surface area (Å²) in [5, 5.41) is 10.2. The standard InChI is InChI=1S/C21H29N5O3S/c1-3-30(28,29)23-12-15-8-10-26(14-15)21(27)16-6-7-19-18(11-16)20(24-25(19)2)17-5-4-9-22-13-17/h3,6-7,11,15,17,22-23H,1,4-5,8-10,12-14H2,2H3/t15-,17?/m1/s1. The van der Waals surface area contributed by atoms with Gasteiger partial charge in [-0.1, -0.05) is 6.58 Å². The summed E-state index contributed by atoms with van der Waals surface area (Å²) in [6.07, 6.45) is 3.01. The number of aromatic nitrogens is 2. The Morgan fingerprint density at radius 1 is 1.40 bits per heavy atom. The zero-order valence-corrected chi connectivity index (χ0v) is 18.1. The zero-order chi connectivity index (χ0) is 21.3. The summed E-state index contributed by atoms with van der Waals surface area (Å²) in [4.78, 5) is 14.9. The van der Waals surface area contributed by atoms with Crippen molar-refractivity contribution in [1.29, 1.82) is 0 Å². The summed E-state index contributed by atoms with van der Waals surface area (Å²) in [5.41, 5.74) is 2.76. The third-order valence-electron chi connectivity index (χ3n) is 6.18. The number of piperidine rings is 1. The fraction of sp³-hybridized carbons (Fsp3) is 0.524. The molecule has 2 saturated heterocycles. The molecule has 0 radical (unpaired) electrons. The normalized spacial score (nSPS) is 22.5.